The van der Waals surface area contributed by atoms with E-state index in [0.29, 0.717) is 19.0 Å². The molecule has 2 fully saturated rings. The quantitative estimate of drug-likeness (QED) is 0.675. The number of nitrogens with zero attached hydrogens (tertiary/aromatic N) is 2. The van der Waals surface area contributed by atoms with E-state index in [1.165, 1.54) is 12.8 Å². The Labute approximate surface area is 146 Å². The molecule has 2 atom stereocenters. The number of carbonyl (C=O) groups excluding carboxylic acids is 2. The summed E-state index contributed by atoms with van der Waals surface area (Å²) in [5, 5.41) is 6.26. The van der Waals surface area contributed by atoms with E-state index in [2.05, 4.69) is 22.5 Å². The van der Waals surface area contributed by atoms with Crippen LogP contribution in [0.2, 0.25) is 0 Å². The second kappa shape index (κ2) is 9.99. The van der Waals surface area contributed by atoms with Gasteiger partial charge in [0.25, 0.3) is 0 Å². The van der Waals surface area contributed by atoms with Crippen molar-refractivity contribution in [1.29, 1.82) is 0 Å². The molecule has 6 heteroatoms. The summed E-state index contributed by atoms with van der Waals surface area (Å²) in [4.78, 5) is 28.4. The lowest BCUT2D eigenvalue weighted by molar-refractivity contribution is -0.133. The highest BCUT2D eigenvalue weighted by Crippen LogP contribution is 2.23. The molecule has 1 heterocycles. The third kappa shape index (κ3) is 6.40. The lowest BCUT2D eigenvalue weighted by Gasteiger charge is -2.35. The summed E-state index contributed by atoms with van der Waals surface area (Å²) in [6, 6.07) is 0.358. The molecule has 2 unspecified atom stereocenters. The van der Waals surface area contributed by atoms with Gasteiger partial charge in [-0.05, 0) is 38.8 Å². The lowest BCUT2D eigenvalue weighted by atomic mass is 9.87. The zero-order valence-electron chi connectivity index (χ0n) is 15.4. The zero-order chi connectivity index (χ0) is 17.4. The van der Waals surface area contributed by atoms with E-state index in [-0.39, 0.29) is 11.8 Å². The number of hydrogen-bond donors (Lipinski definition) is 2. The normalized spacial score (nSPS) is 25.5. The summed E-state index contributed by atoms with van der Waals surface area (Å²) in [6.07, 6.45) is 6.24. The summed E-state index contributed by atoms with van der Waals surface area (Å²) in [5.74, 6) is 1.11. The standard InChI is InChI=1S/C18H34N4O2/c1-15-5-3-6-16(13-15)20-17(23)14-21-9-11-22(12-10-21)18(24)7-4-8-19-2/h15-16,19H,3-14H2,1-2H3,(H,20,23). The van der Waals surface area contributed by atoms with E-state index in [9.17, 15) is 9.59 Å². The number of carbonyl (C=O) groups is 2. The molecule has 1 aliphatic carbocycles. The number of rotatable bonds is 7. The van der Waals surface area contributed by atoms with Gasteiger partial charge in [-0.1, -0.05) is 19.8 Å². The van der Waals surface area contributed by atoms with Gasteiger partial charge < -0.3 is 15.5 Å². The average molecular weight is 338 g/mol. The highest BCUT2D eigenvalue weighted by molar-refractivity contribution is 5.78. The van der Waals surface area contributed by atoms with Gasteiger partial charge in [0, 0.05) is 38.6 Å². The fraction of sp³-hybridized carbons (Fsp3) is 0.889. The Kier molecular flexibility index (Phi) is 7.99. The Morgan fingerprint density at radius 2 is 1.88 bits per heavy atom. The van der Waals surface area contributed by atoms with Crippen molar-refractivity contribution in [2.24, 2.45) is 5.92 Å². The molecule has 0 radical (unpaired) electrons. The van der Waals surface area contributed by atoms with Gasteiger partial charge >= 0.3 is 0 Å². The number of hydrogen-bond acceptors (Lipinski definition) is 4. The van der Waals surface area contributed by atoms with Gasteiger partial charge in [0.15, 0.2) is 0 Å². The van der Waals surface area contributed by atoms with Gasteiger partial charge in [-0.25, -0.2) is 0 Å². The highest BCUT2D eigenvalue weighted by Gasteiger charge is 2.24. The third-order valence-corrected chi connectivity index (χ3v) is 5.21. The predicted molar refractivity (Wildman–Crippen MR) is 95.7 cm³/mol. The van der Waals surface area contributed by atoms with Gasteiger partial charge in [-0.3, -0.25) is 14.5 Å². The maximum absolute atomic E-state index is 12.2. The van der Waals surface area contributed by atoms with Crippen LogP contribution >= 0.6 is 0 Å². The number of nitrogens with one attached hydrogen (secondary N) is 2. The summed E-state index contributed by atoms with van der Waals surface area (Å²) >= 11 is 0. The molecule has 2 rings (SSSR count). The van der Waals surface area contributed by atoms with Crippen LogP contribution in [0.3, 0.4) is 0 Å². The minimum Gasteiger partial charge on any atom is -0.352 e. The molecule has 1 saturated carbocycles. The first-order valence-electron chi connectivity index (χ1n) is 9.52. The largest absolute Gasteiger partial charge is 0.352 e. The van der Waals surface area contributed by atoms with Crippen molar-refractivity contribution < 1.29 is 9.59 Å². The fourth-order valence-corrected chi connectivity index (χ4v) is 3.77. The van der Waals surface area contributed by atoms with E-state index in [1.54, 1.807) is 0 Å². The molecule has 1 saturated heterocycles. The van der Waals surface area contributed by atoms with Crippen LogP contribution in [-0.4, -0.2) is 74.0 Å². The Bertz CT molecular complexity index is 408. The van der Waals surface area contributed by atoms with E-state index < -0.39 is 0 Å². The van der Waals surface area contributed by atoms with Crippen molar-refractivity contribution in [3.05, 3.63) is 0 Å². The summed E-state index contributed by atoms with van der Waals surface area (Å²) in [5.41, 5.74) is 0. The van der Waals surface area contributed by atoms with E-state index in [4.69, 9.17) is 0 Å². The second-order valence-corrected chi connectivity index (χ2v) is 7.40. The number of amides is 2. The molecular formula is C18H34N4O2. The molecule has 2 amide bonds. The van der Waals surface area contributed by atoms with Gasteiger partial charge in [0.1, 0.15) is 0 Å². The van der Waals surface area contributed by atoms with E-state index >= 15 is 0 Å². The second-order valence-electron chi connectivity index (χ2n) is 7.40. The van der Waals surface area contributed by atoms with Gasteiger partial charge in [-0.2, -0.15) is 0 Å². The molecular weight excluding hydrogens is 304 g/mol. The van der Waals surface area contributed by atoms with Crippen molar-refractivity contribution >= 4 is 11.8 Å². The van der Waals surface area contributed by atoms with Gasteiger partial charge in [-0.15, -0.1) is 0 Å². The molecule has 0 bridgehead atoms. The minimum absolute atomic E-state index is 0.142. The summed E-state index contributed by atoms with van der Waals surface area (Å²) < 4.78 is 0. The monoisotopic (exact) mass is 338 g/mol. The Morgan fingerprint density at radius 1 is 1.12 bits per heavy atom. The molecule has 0 aromatic carbocycles. The first-order valence-corrected chi connectivity index (χ1v) is 9.52. The Balaban J connectivity index is 1.63. The van der Waals surface area contributed by atoms with Crippen LogP contribution in [0, 0.1) is 5.92 Å². The molecule has 6 nitrogen and oxygen atoms in total. The lowest BCUT2D eigenvalue weighted by Crippen LogP contribution is -2.52. The molecule has 24 heavy (non-hydrogen) atoms. The Morgan fingerprint density at radius 3 is 2.54 bits per heavy atom. The maximum atomic E-state index is 12.2. The number of piperazine rings is 1. The zero-order valence-corrected chi connectivity index (χ0v) is 15.4. The average Bonchev–Trinajstić information content (AvgIpc) is 2.55. The fourth-order valence-electron chi connectivity index (χ4n) is 3.77. The Hall–Kier alpha value is -1.14. The molecule has 0 aromatic rings. The summed E-state index contributed by atoms with van der Waals surface area (Å²) in [6.45, 7) is 6.69. The van der Waals surface area contributed by atoms with Crippen LogP contribution in [-0.2, 0) is 9.59 Å². The minimum atomic E-state index is 0.142. The smallest absolute Gasteiger partial charge is 0.234 e. The van der Waals surface area contributed by atoms with Crippen LogP contribution in [0.1, 0.15) is 45.4 Å². The van der Waals surface area contributed by atoms with Gasteiger partial charge in [0.05, 0.1) is 6.54 Å². The molecule has 0 aromatic heterocycles. The molecule has 1 aliphatic heterocycles. The molecule has 2 aliphatic rings. The SMILES string of the molecule is CNCCCC(=O)N1CCN(CC(=O)NC2CCCC(C)C2)CC1. The van der Waals surface area contributed by atoms with Crippen LogP contribution < -0.4 is 10.6 Å². The maximum Gasteiger partial charge on any atom is 0.234 e. The van der Waals surface area contributed by atoms with Gasteiger partial charge in [0.2, 0.25) is 11.8 Å². The van der Waals surface area contributed by atoms with Crippen molar-refractivity contribution in [1.82, 2.24) is 20.4 Å². The molecule has 138 valence electrons. The van der Waals surface area contributed by atoms with Crippen LogP contribution in [0.5, 0.6) is 0 Å². The van der Waals surface area contributed by atoms with Crippen molar-refractivity contribution in [3.63, 3.8) is 0 Å². The van der Waals surface area contributed by atoms with Crippen molar-refractivity contribution in [3.8, 4) is 0 Å². The van der Waals surface area contributed by atoms with Crippen LogP contribution in [0.25, 0.3) is 0 Å². The van der Waals surface area contributed by atoms with E-state index in [0.717, 1.165) is 57.9 Å². The van der Waals surface area contributed by atoms with Crippen LogP contribution in [0.15, 0.2) is 0 Å². The topological polar surface area (TPSA) is 64.7 Å². The first kappa shape index (κ1) is 19.2. The first-order chi connectivity index (χ1) is 11.6. The van der Waals surface area contributed by atoms with E-state index in [1.807, 2.05) is 11.9 Å². The molecule has 0 spiro atoms. The predicted octanol–water partition coefficient (Wildman–Crippen LogP) is 0.825. The highest BCUT2D eigenvalue weighted by atomic mass is 16.2. The van der Waals surface area contributed by atoms with Crippen molar-refractivity contribution in [2.75, 3.05) is 46.3 Å². The summed E-state index contributed by atoms with van der Waals surface area (Å²) in [7, 11) is 1.91. The van der Waals surface area contributed by atoms with Crippen LogP contribution in [0.4, 0.5) is 0 Å². The van der Waals surface area contributed by atoms with Crippen molar-refractivity contribution in [2.45, 2.75) is 51.5 Å². The molecule has 2 N–H and O–H groups in total. The third-order valence-electron chi connectivity index (χ3n) is 5.21.